The van der Waals surface area contributed by atoms with Crippen molar-refractivity contribution >= 4 is 28.5 Å². The number of benzene rings is 1. The summed E-state index contributed by atoms with van der Waals surface area (Å²) in [5.41, 5.74) is 0.0326. The van der Waals surface area contributed by atoms with Gasteiger partial charge in [-0.15, -0.1) is 0 Å². The van der Waals surface area contributed by atoms with Gasteiger partial charge in [0.25, 0.3) is 5.91 Å². The van der Waals surface area contributed by atoms with Crippen LogP contribution in [0.15, 0.2) is 56.3 Å². The molecule has 7 heteroatoms. The fourth-order valence-corrected chi connectivity index (χ4v) is 3.63. The van der Waals surface area contributed by atoms with Crippen molar-refractivity contribution in [1.29, 1.82) is 0 Å². The Morgan fingerprint density at radius 2 is 2.04 bits per heavy atom. The van der Waals surface area contributed by atoms with E-state index in [1.165, 1.54) is 12.1 Å². The minimum atomic E-state index is -0.431. The number of rotatable bonds is 5. The molecule has 1 aromatic carbocycles. The van der Waals surface area contributed by atoms with Gasteiger partial charge in [-0.3, -0.25) is 14.5 Å². The average Bonchev–Trinajstić information content (AvgIpc) is 3.36. The predicted molar refractivity (Wildman–Crippen MR) is 102 cm³/mol. The molecule has 27 heavy (non-hydrogen) atoms. The van der Waals surface area contributed by atoms with E-state index in [0.717, 1.165) is 31.7 Å². The van der Waals surface area contributed by atoms with Crippen molar-refractivity contribution in [2.75, 3.05) is 19.6 Å². The van der Waals surface area contributed by atoms with Crippen molar-refractivity contribution in [3.8, 4) is 0 Å². The number of amides is 1. The second kappa shape index (κ2) is 7.58. The molecule has 1 aliphatic heterocycles. The van der Waals surface area contributed by atoms with Crippen LogP contribution in [0.25, 0.3) is 11.0 Å². The quantitative estimate of drug-likeness (QED) is 0.725. The SMILES string of the molecule is O=C(NC[C@H](c1ccco1)N1CCCC1)c1cc(=O)c2cc(Cl)ccc2o1. The Bertz CT molecular complexity index is 1010. The molecule has 0 spiro atoms. The van der Waals surface area contributed by atoms with Gasteiger partial charge in [-0.05, 0) is 56.3 Å². The normalized spacial score (nSPS) is 15.9. The predicted octanol–water partition coefficient (Wildman–Crippen LogP) is 3.61. The zero-order valence-electron chi connectivity index (χ0n) is 14.6. The molecule has 3 aromatic rings. The lowest BCUT2D eigenvalue weighted by Crippen LogP contribution is -2.36. The second-order valence-corrected chi connectivity index (χ2v) is 7.04. The van der Waals surface area contributed by atoms with E-state index in [9.17, 15) is 9.59 Å². The Kier molecular flexibility index (Phi) is 5.01. The van der Waals surface area contributed by atoms with Gasteiger partial charge in [-0.2, -0.15) is 0 Å². The number of hydrogen-bond donors (Lipinski definition) is 1. The van der Waals surface area contributed by atoms with Crippen molar-refractivity contribution in [1.82, 2.24) is 10.2 Å². The van der Waals surface area contributed by atoms with Crippen molar-refractivity contribution < 1.29 is 13.6 Å². The molecule has 0 aliphatic carbocycles. The minimum absolute atomic E-state index is 0.0190. The number of likely N-dealkylation sites (tertiary alicyclic amines) is 1. The van der Waals surface area contributed by atoms with E-state index in [1.807, 2.05) is 12.1 Å². The first kappa shape index (κ1) is 17.8. The Labute approximate surface area is 160 Å². The van der Waals surface area contributed by atoms with Gasteiger partial charge < -0.3 is 14.2 Å². The van der Waals surface area contributed by atoms with E-state index in [4.69, 9.17) is 20.4 Å². The van der Waals surface area contributed by atoms with Crippen LogP contribution in [0.3, 0.4) is 0 Å². The smallest absolute Gasteiger partial charge is 0.287 e. The summed E-state index contributed by atoms with van der Waals surface area (Å²) in [7, 11) is 0. The first-order chi connectivity index (χ1) is 13.1. The maximum absolute atomic E-state index is 12.6. The molecule has 1 saturated heterocycles. The third kappa shape index (κ3) is 3.77. The molecule has 0 bridgehead atoms. The van der Waals surface area contributed by atoms with Crippen LogP contribution >= 0.6 is 11.6 Å². The highest BCUT2D eigenvalue weighted by molar-refractivity contribution is 6.31. The zero-order valence-corrected chi connectivity index (χ0v) is 15.4. The molecule has 140 valence electrons. The monoisotopic (exact) mass is 386 g/mol. The maximum atomic E-state index is 12.6. The summed E-state index contributed by atoms with van der Waals surface area (Å²) < 4.78 is 11.2. The summed E-state index contributed by atoms with van der Waals surface area (Å²) in [6.45, 7) is 2.30. The lowest BCUT2D eigenvalue weighted by molar-refractivity contribution is 0.0906. The van der Waals surface area contributed by atoms with Gasteiger partial charge in [0.1, 0.15) is 11.3 Å². The molecule has 0 radical (unpaired) electrons. The van der Waals surface area contributed by atoms with Crippen LogP contribution in [0.4, 0.5) is 0 Å². The minimum Gasteiger partial charge on any atom is -0.468 e. The molecule has 1 fully saturated rings. The number of furan rings is 1. The first-order valence-corrected chi connectivity index (χ1v) is 9.29. The van der Waals surface area contributed by atoms with E-state index in [2.05, 4.69) is 10.2 Å². The van der Waals surface area contributed by atoms with Gasteiger partial charge in [0.2, 0.25) is 0 Å². The molecule has 3 heterocycles. The van der Waals surface area contributed by atoms with Gasteiger partial charge in [0.15, 0.2) is 11.2 Å². The van der Waals surface area contributed by atoms with Crippen molar-refractivity contribution in [2.24, 2.45) is 0 Å². The molecule has 0 saturated carbocycles. The molecule has 1 N–H and O–H groups in total. The summed E-state index contributed by atoms with van der Waals surface area (Å²) >= 11 is 5.92. The fourth-order valence-electron chi connectivity index (χ4n) is 3.46. The summed E-state index contributed by atoms with van der Waals surface area (Å²) in [5, 5.41) is 3.66. The van der Waals surface area contributed by atoms with Crippen molar-refractivity contribution in [3.05, 3.63) is 69.4 Å². The van der Waals surface area contributed by atoms with Crippen LogP contribution < -0.4 is 10.7 Å². The molecular formula is C20H19ClN2O4. The molecule has 1 amide bonds. The fraction of sp³-hybridized carbons (Fsp3) is 0.300. The lowest BCUT2D eigenvalue weighted by atomic mass is 10.2. The number of carbonyl (C=O) groups excluding carboxylic acids is 1. The number of fused-ring (bicyclic) bond motifs is 1. The molecule has 1 atom stereocenters. The van der Waals surface area contributed by atoms with Crippen molar-refractivity contribution in [3.63, 3.8) is 0 Å². The van der Waals surface area contributed by atoms with Crippen LogP contribution in [0.1, 0.15) is 35.2 Å². The van der Waals surface area contributed by atoms with Gasteiger partial charge >= 0.3 is 0 Å². The Morgan fingerprint density at radius 1 is 1.22 bits per heavy atom. The van der Waals surface area contributed by atoms with Gasteiger partial charge in [-0.25, -0.2) is 0 Å². The highest BCUT2D eigenvalue weighted by Crippen LogP contribution is 2.25. The summed E-state index contributed by atoms with van der Waals surface area (Å²) in [6.07, 6.45) is 3.90. The van der Waals surface area contributed by atoms with Crippen LogP contribution in [-0.2, 0) is 0 Å². The van der Waals surface area contributed by atoms with Gasteiger partial charge in [-0.1, -0.05) is 11.6 Å². The largest absolute Gasteiger partial charge is 0.468 e. The topological polar surface area (TPSA) is 75.7 Å². The number of carbonyl (C=O) groups is 1. The van der Waals surface area contributed by atoms with Crippen molar-refractivity contribution in [2.45, 2.75) is 18.9 Å². The molecule has 4 rings (SSSR count). The highest BCUT2D eigenvalue weighted by atomic mass is 35.5. The summed E-state index contributed by atoms with van der Waals surface area (Å²) in [6, 6.07) is 9.65. The Balaban J connectivity index is 1.53. The molecule has 2 aromatic heterocycles. The number of hydrogen-bond acceptors (Lipinski definition) is 5. The van der Waals surface area contributed by atoms with E-state index < -0.39 is 5.91 Å². The standard InChI is InChI=1S/C20H19ClN2O4/c21-13-5-6-17-14(10-13)16(24)11-19(27-17)20(25)22-12-15(18-4-3-9-26-18)23-7-1-2-8-23/h3-6,9-11,15H,1-2,7-8,12H2,(H,22,25)/t15-/m1/s1. The molecule has 1 aliphatic rings. The third-order valence-corrected chi connectivity index (χ3v) is 5.06. The summed E-state index contributed by atoms with van der Waals surface area (Å²) in [4.78, 5) is 27.1. The van der Waals surface area contributed by atoms with E-state index in [0.29, 0.717) is 22.5 Å². The molecule has 0 unspecified atom stereocenters. The zero-order chi connectivity index (χ0) is 18.8. The Morgan fingerprint density at radius 3 is 2.78 bits per heavy atom. The number of halogens is 1. The second-order valence-electron chi connectivity index (χ2n) is 6.60. The molecular weight excluding hydrogens is 368 g/mol. The van der Waals surface area contributed by atoms with Crippen LogP contribution in [0, 0.1) is 0 Å². The number of nitrogens with zero attached hydrogens (tertiary/aromatic N) is 1. The van der Waals surface area contributed by atoms with Gasteiger partial charge in [0.05, 0.1) is 17.7 Å². The van der Waals surface area contributed by atoms with E-state index in [1.54, 1.807) is 18.4 Å². The first-order valence-electron chi connectivity index (χ1n) is 8.91. The maximum Gasteiger partial charge on any atom is 0.287 e. The van der Waals surface area contributed by atoms with Crippen LogP contribution in [0.2, 0.25) is 5.02 Å². The van der Waals surface area contributed by atoms with E-state index in [-0.39, 0.29) is 17.2 Å². The lowest BCUT2D eigenvalue weighted by Gasteiger charge is -2.25. The Hall–Kier alpha value is -2.57. The average molecular weight is 387 g/mol. The third-order valence-electron chi connectivity index (χ3n) is 4.82. The number of nitrogens with one attached hydrogen (secondary N) is 1. The van der Waals surface area contributed by atoms with Crippen LogP contribution in [-0.4, -0.2) is 30.4 Å². The summed E-state index contributed by atoms with van der Waals surface area (Å²) in [5.74, 6) is 0.362. The van der Waals surface area contributed by atoms with Crippen LogP contribution in [0.5, 0.6) is 0 Å². The highest BCUT2D eigenvalue weighted by Gasteiger charge is 2.26. The molecule has 6 nitrogen and oxygen atoms in total. The van der Waals surface area contributed by atoms with E-state index >= 15 is 0 Å². The van der Waals surface area contributed by atoms with Gasteiger partial charge in [0, 0.05) is 17.6 Å².